The Bertz CT molecular complexity index is 138. The van der Waals surface area contributed by atoms with Gasteiger partial charge in [-0.15, -0.1) is 0 Å². The van der Waals surface area contributed by atoms with Crippen LogP contribution in [0, 0.1) is 10.1 Å². The lowest BCUT2D eigenvalue weighted by Gasteiger charge is -2.04. The molecule has 0 unspecified atom stereocenters. The van der Waals surface area contributed by atoms with Crippen molar-refractivity contribution in [1.82, 2.24) is 5.01 Å². The van der Waals surface area contributed by atoms with Gasteiger partial charge in [0.1, 0.15) is 0 Å². The second-order valence-corrected chi connectivity index (χ2v) is 2.21. The molecule has 0 aliphatic rings. The molecule has 0 aromatic heterocycles. The maximum Gasteiger partial charge on any atom is 0.271 e. The minimum absolute atomic E-state index is 0.213. The predicted molar refractivity (Wildman–Crippen MR) is 39.3 cm³/mol. The van der Waals surface area contributed by atoms with Crippen molar-refractivity contribution in [3.05, 3.63) is 10.1 Å². The number of nitrogens with zero attached hydrogens (tertiary/aromatic N) is 2. The predicted octanol–water partition coefficient (Wildman–Crippen LogP) is 0.827. The van der Waals surface area contributed by atoms with Gasteiger partial charge in [0.05, 0.1) is 6.54 Å². The third-order valence-corrected chi connectivity index (χ3v) is 1.32. The zero-order chi connectivity index (χ0) is 8.69. The number of amides is 1. The summed E-state index contributed by atoms with van der Waals surface area (Å²) in [5.41, 5.74) is 0. The highest BCUT2D eigenvalue weighted by molar-refractivity contribution is 5.44. The standard InChI is InChI=1S/C6H12N2O3/c1-2-3-4-5-7(6-9)8(10)11/h6H,2-5H2,1H3. The van der Waals surface area contributed by atoms with Gasteiger partial charge in [0, 0.05) is 0 Å². The van der Waals surface area contributed by atoms with Crippen LogP contribution in [-0.4, -0.2) is 23.0 Å². The second kappa shape index (κ2) is 5.64. The van der Waals surface area contributed by atoms with E-state index in [1.54, 1.807) is 0 Å². The molecule has 0 aliphatic carbocycles. The molecule has 0 saturated heterocycles. The summed E-state index contributed by atoms with van der Waals surface area (Å²) in [5, 5.41) is 9.90. The van der Waals surface area contributed by atoms with Crippen molar-refractivity contribution in [2.24, 2.45) is 0 Å². The van der Waals surface area contributed by atoms with Crippen LogP contribution in [-0.2, 0) is 4.79 Å². The van der Waals surface area contributed by atoms with Gasteiger partial charge in [-0.25, -0.2) is 10.1 Å². The minimum atomic E-state index is -0.692. The molecule has 0 radical (unpaired) electrons. The molecule has 0 spiro atoms. The fraction of sp³-hybridized carbons (Fsp3) is 0.833. The third kappa shape index (κ3) is 4.30. The zero-order valence-electron chi connectivity index (χ0n) is 6.52. The topological polar surface area (TPSA) is 63.5 Å². The summed E-state index contributed by atoms with van der Waals surface area (Å²) >= 11 is 0. The number of carbonyl (C=O) groups is 1. The highest BCUT2D eigenvalue weighted by Crippen LogP contribution is 1.95. The summed E-state index contributed by atoms with van der Waals surface area (Å²) in [5.74, 6) is 0. The molecule has 0 aromatic rings. The van der Waals surface area contributed by atoms with Gasteiger partial charge in [0.2, 0.25) is 0 Å². The van der Waals surface area contributed by atoms with Crippen molar-refractivity contribution in [1.29, 1.82) is 0 Å². The molecule has 11 heavy (non-hydrogen) atoms. The lowest BCUT2D eigenvalue weighted by Crippen LogP contribution is -2.29. The molecule has 64 valence electrons. The fourth-order valence-corrected chi connectivity index (χ4v) is 0.697. The summed E-state index contributed by atoms with van der Waals surface area (Å²) in [4.78, 5) is 20.0. The van der Waals surface area contributed by atoms with Gasteiger partial charge >= 0.3 is 0 Å². The Labute approximate surface area is 65.1 Å². The number of hydrogen-bond donors (Lipinski definition) is 0. The Balaban J connectivity index is 3.52. The molecule has 1 amide bonds. The summed E-state index contributed by atoms with van der Waals surface area (Å²) in [7, 11) is 0. The quantitative estimate of drug-likeness (QED) is 0.250. The van der Waals surface area contributed by atoms with Gasteiger partial charge in [-0.3, -0.25) is 4.79 Å². The Morgan fingerprint density at radius 3 is 2.55 bits per heavy atom. The molecule has 0 rings (SSSR count). The van der Waals surface area contributed by atoms with Crippen molar-refractivity contribution >= 4 is 6.41 Å². The Kier molecular flexibility index (Phi) is 5.06. The van der Waals surface area contributed by atoms with Crippen LogP contribution in [0.1, 0.15) is 26.2 Å². The highest BCUT2D eigenvalue weighted by Gasteiger charge is 2.10. The van der Waals surface area contributed by atoms with Gasteiger partial charge in [-0.2, -0.15) is 0 Å². The summed E-state index contributed by atoms with van der Waals surface area (Å²) in [6.07, 6.45) is 2.84. The number of nitro groups is 1. The maximum absolute atomic E-state index is 10.0. The second-order valence-electron chi connectivity index (χ2n) is 2.21. The smallest absolute Gasteiger partial charge is 0.271 e. The van der Waals surface area contributed by atoms with Crippen LogP contribution >= 0.6 is 0 Å². The molecule has 0 saturated carbocycles. The normalized spacial score (nSPS) is 9.18. The van der Waals surface area contributed by atoms with Crippen molar-refractivity contribution in [2.75, 3.05) is 6.54 Å². The van der Waals surface area contributed by atoms with Crippen LogP contribution in [0.2, 0.25) is 0 Å². The van der Waals surface area contributed by atoms with Crippen LogP contribution < -0.4 is 0 Å². The number of carbonyl (C=O) groups excluding carboxylic acids is 1. The van der Waals surface area contributed by atoms with E-state index in [2.05, 4.69) is 0 Å². The van der Waals surface area contributed by atoms with Gasteiger partial charge < -0.3 is 0 Å². The zero-order valence-corrected chi connectivity index (χ0v) is 6.52. The molecular weight excluding hydrogens is 148 g/mol. The minimum Gasteiger partial charge on any atom is -0.273 e. The molecule has 0 N–H and O–H groups in total. The molecular formula is C6H12N2O3. The molecule has 0 heterocycles. The SMILES string of the molecule is CCCCCN(C=O)[N+](=O)[O-]. The van der Waals surface area contributed by atoms with Crippen LogP contribution in [0.3, 0.4) is 0 Å². The van der Waals surface area contributed by atoms with Gasteiger partial charge in [0.25, 0.3) is 6.41 Å². The highest BCUT2D eigenvalue weighted by atomic mass is 16.7. The van der Waals surface area contributed by atoms with Crippen molar-refractivity contribution in [3.63, 3.8) is 0 Å². The lowest BCUT2D eigenvalue weighted by molar-refractivity contribution is -0.631. The Hall–Kier alpha value is -1.13. The maximum atomic E-state index is 10.0. The van der Waals surface area contributed by atoms with E-state index in [4.69, 9.17) is 0 Å². The summed E-state index contributed by atoms with van der Waals surface area (Å²) in [6, 6.07) is 0. The number of hydrogen-bond acceptors (Lipinski definition) is 3. The van der Waals surface area contributed by atoms with Crippen molar-refractivity contribution in [2.45, 2.75) is 26.2 Å². The van der Waals surface area contributed by atoms with E-state index in [0.29, 0.717) is 11.4 Å². The first-order valence-electron chi connectivity index (χ1n) is 3.58. The van der Waals surface area contributed by atoms with E-state index in [1.807, 2.05) is 6.92 Å². The van der Waals surface area contributed by atoms with E-state index in [9.17, 15) is 14.9 Å². The number of unbranched alkanes of at least 4 members (excludes halogenated alkanes) is 2. The first kappa shape index (κ1) is 9.87. The van der Waals surface area contributed by atoms with Crippen LogP contribution in [0.15, 0.2) is 0 Å². The molecule has 0 aromatic carbocycles. The average molecular weight is 160 g/mol. The summed E-state index contributed by atoms with van der Waals surface area (Å²) < 4.78 is 0. The van der Waals surface area contributed by atoms with Crippen molar-refractivity contribution in [3.8, 4) is 0 Å². The largest absolute Gasteiger partial charge is 0.273 e. The van der Waals surface area contributed by atoms with Gasteiger partial charge in [-0.1, -0.05) is 24.8 Å². The average Bonchev–Trinajstić information content (AvgIpc) is 1.97. The first-order valence-corrected chi connectivity index (χ1v) is 3.58. The van der Waals surface area contributed by atoms with E-state index < -0.39 is 5.03 Å². The van der Waals surface area contributed by atoms with E-state index >= 15 is 0 Å². The Morgan fingerprint density at radius 2 is 2.18 bits per heavy atom. The molecule has 5 heteroatoms. The molecule has 0 fully saturated rings. The van der Waals surface area contributed by atoms with E-state index in [0.717, 1.165) is 12.8 Å². The number of hydrazine groups is 1. The molecule has 0 aliphatic heterocycles. The number of rotatable bonds is 6. The van der Waals surface area contributed by atoms with Gasteiger partial charge in [0.15, 0.2) is 5.03 Å². The third-order valence-electron chi connectivity index (χ3n) is 1.32. The van der Waals surface area contributed by atoms with Gasteiger partial charge in [-0.05, 0) is 6.42 Å². The first-order chi connectivity index (χ1) is 5.22. The van der Waals surface area contributed by atoms with E-state index in [-0.39, 0.29) is 13.0 Å². The molecule has 0 bridgehead atoms. The summed E-state index contributed by atoms with van der Waals surface area (Å²) in [6.45, 7) is 2.21. The molecule has 5 nitrogen and oxygen atoms in total. The van der Waals surface area contributed by atoms with Crippen LogP contribution in [0.4, 0.5) is 0 Å². The van der Waals surface area contributed by atoms with Crippen LogP contribution in [0.25, 0.3) is 0 Å². The molecule has 0 atom stereocenters. The van der Waals surface area contributed by atoms with Crippen molar-refractivity contribution < 1.29 is 9.83 Å². The fourth-order valence-electron chi connectivity index (χ4n) is 0.697. The van der Waals surface area contributed by atoms with E-state index in [1.165, 1.54) is 0 Å². The monoisotopic (exact) mass is 160 g/mol. The lowest BCUT2D eigenvalue weighted by atomic mass is 10.2. The van der Waals surface area contributed by atoms with Crippen LogP contribution in [0.5, 0.6) is 0 Å². The Morgan fingerprint density at radius 1 is 1.55 bits per heavy atom.